The second kappa shape index (κ2) is 8.18. The molecule has 1 unspecified atom stereocenters. The van der Waals surface area contributed by atoms with E-state index in [2.05, 4.69) is 19.2 Å². The zero-order valence-electron chi connectivity index (χ0n) is 13.2. The van der Waals surface area contributed by atoms with Crippen molar-refractivity contribution in [1.82, 2.24) is 5.32 Å². The summed E-state index contributed by atoms with van der Waals surface area (Å²) >= 11 is 0. The Morgan fingerprint density at radius 3 is 2.00 bits per heavy atom. The van der Waals surface area contributed by atoms with Gasteiger partial charge in [0.25, 0.3) is 0 Å². The van der Waals surface area contributed by atoms with Crippen molar-refractivity contribution in [2.75, 3.05) is 13.2 Å². The van der Waals surface area contributed by atoms with Gasteiger partial charge >= 0.3 is 5.97 Å². The average Bonchev–Trinajstić information content (AvgIpc) is 2.28. The Hall–Kier alpha value is -1.06. The minimum Gasteiger partial charge on any atom is -0.465 e. The maximum absolute atomic E-state index is 12.2. The van der Waals surface area contributed by atoms with Crippen molar-refractivity contribution in [2.24, 2.45) is 17.3 Å². The molecule has 0 saturated carbocycles. The van der Waals surface area contributed by atoms with Gasteiger partial charge in [-0.2, -0.15) is 0 Å². The summed E-state index contributed by atoms with van der Waals surface area (Å²) < 4.78 is 5.01. The van der Waals surface area contributed by atoms with Crippen LogP contribution in [0.25, 0.3) is 0 Å². The molecule has 4 nitrogen and oxygen atoms in total. The van der Waals surface area contributed by atoms with Crippen LogP contribution in [0.5, 0.6) is 0 Å². The van der Waals surface area contributed by atoms with Crippen LogP contribution in [0.2, 0.25) is 0 Å². The fourth-order valence-corrected chi connectivity index (χ4v) is 2.00. The lowest BCUT2D eigenvalue weighted by atomic mass is 9.80. The summed E-state index contributed by atoms with van der Waals surface area (Å²) in [6.45, 7) is 12.5. The first-order valence-electron chi connectivity index (χ1n) is 7.22. The highest BCUT2D eigenvalue weighted by molar-refractivity contribution is 5.98. The molecule has 4 heteroatoms. The molecule has 0 fully saturated rings. The molecule has 112 valence electrons. The van der Waals surface area contributed by atoms with Gasteiger partial charge in [0.15, 0.2) is 0 Å². The van der Waals surface area contributed by atoms with Gasteiger partial charge in [-0.15, -0.1) is 0 Å². The van der Waals surface area contributed by atoms with E-state index in [9.17, 15) is 9.59 Å². The molecular formula is C15H29NO3. The first-order valence-corrected chi connectivity index (χ1v) is 7.22. The molecule has 0 aliphatic heterocycles. The van der Waals surface area contributed by atoms with Crippen molar-refractivity contribution >= 4 is 11.9 Å². The minimum atomic E-state index is -0.748. The monoisotopic (exact) mass is 271 g/mol. The number of rotatable bonds is 7. The number of amides is 1. The molecule has 1 N–H and O–H groups in total. The molecule has 0 aliphatic carbocycles. The third-order valence-electron chi connectivity index (χ3n) is 3.37. The largest absolute Gasteiger partial charge is 0.465 e. The predicted molar refractivity (Wildman–Crippen MR) is 76.7 cm³/mol. The number of esters is 1. The Morgan fingerprint density at radius 1 is 1.11 bits per heavy atom. The number of carbonyl (C=O) groups excluding carboxylic acids is 2. The summed E-state index contributed by atoms with van der Waals surface area (Å²) in [5.74, 6) is -0.941. The van der Waals surface area contributed by atoms with Crippen LogP contribution in [0.15, 0.2) is 0 Å². The quantitative estimate of drug-likeness (QED) is 0.572. The van der Waals surface area contributed by atoms with Gasteiger partial charge in [-0.1, -0.05) is 47.5 Å². The average molecular weight is 271 g/mol. The second-order valence-corrected chi connectivity index (χ2v) is 5.98. The van der Waals surface area contributed by atoms with E-state index in [1.807, 2.05) is 20.8 Å². The van der Waals surface area contributed by atoms with Crippen molar-refractivity contribution in [3.8, 4) is 0 Å². The Balaban J connectivity index is 4.70. The molecule has 0 radical (unpaired) electrons. The number of nitrogens with one attached hydrogen (secondary N) is 1. The van der Waals surface area contributed by atoms with Crippen molar-refractivity contribution < 1.29 is 14.3 Å². The fraction of sp³-hybridized carbons (Fsp3) is 0.867. The maximum Gasteiger partial charge on any atom is 0.319 e. The lowest BCUT2D eigenvalue weighted by Crippen LogP contribution is -2.44. The third-order valence-corrected chi connectivity index (χ3v) is 3.37. The summed E-state index contributed by atoms with van der Waals surface area (Å²) in [6.07, 6.45) is 2.05. The van der Waals surface area contributed by atoms with E-state index in [0.29, 0.717) is 19.1 Å². The van der Waals surface area contributed by atoms with Crippen LogP contribution >= 0.6 is 0 Å². The Kier molecular flexibility index (Phi) is 7.72. The predicted octanol–water partition coefficient (Wildman–Crippen LogP) is 2.76. The van der Waals surface area contributed by atoms with Crippen LogP contribution in [-0.4, -0.2) is 25.0 Å². The molecule has 0 bridgehead atoms. The Bertz CT molecular complexity index is 290. The SMILES string of the molecule is CCOC(=O)C(C(=O)NCC(CC)CC)C(C)(C)C. The maximum atomic E-state index is 12.2. The highest BCUT2D eigenvalue weighted by Gasteiger charge is 2.38. The summed E-state index contributed by atoms with van der Waals surface area (Å²) in [5.41, 5.74) is -0.440. The molecule has 1 atom stereocenters. The first kappa shape index (κ1) is 17.9. The summed E-state index contributed by atoms with van der Waals surface area (Å²) in [4.78, 5) is 24.2. The zero-order valence-corrected chi connectivity index (χ0v) is 13.2. The highest BCUT2D eigenvalue weighted by atomic mass is 16.5. The van der Waals surface area contributed by atoms with Crippen LogP contribution in [0.1, 0.15) is 54.4 Å². The highest BCUT2D eigenvalue weighted by Crippen LogP contribution is 2.27. The van der Waals surface area contributed by atoms with Crippen LogP contribution in [-0.2, 0) is 14.3 Å². The lowest BCUT2D eigenvalue weighted by Gasteiger charge is -2.28. The molecule has 0 saturated heterocycles. The van der Waals surface area contributed by atoms with Gasteiger partial charge < -0.3 is 10.1 Å². The molecule has 0 aromatic heterocycles. The van der Waals surface area contributed by atoms with Crippen molar-refractivity contribution in [3.63, 3.8) is 0 Å². The topological polar surface area (TPSA) is 55.4 Å². The van der Waals surface area contributed by atoms with Crippen LogP contribution in [0.3, 0.4) is 0 Å². The number of carbonyl (C=O) groups is 2. The van der Waals surface area contributed by atoms with Crippen molar-refractivity contribution in [2.45, 2.75) is 54.4 Å². The molecule has 0 aliphatic rings. The van der Waals surface area contributed by atoms with E-state index < -0.39 is 17.3 Å². The number of hydrogen-bond donors (Lipinski definition) is 1. The number of hydrogen-bond acceptors (Lipinski definition) is 3. The van der Waals surface area contributed by atoms with E-state index in [0.717, 1.165) is 12.8 Å². The van der Waals surface area contributed by atoms with Gasteiger partial charge in [0.05, 0.1) is 6.61 Å². The standard InChI is InChI=1S/C15H29NO3/c1-7-11(8-2)10-16-13(17)12(15(4,5)6)14(18)19-9-3/h11-12H,7-10H2,1-6H3,(H,16,17). The van der Waals surface area contributed by atoms with Crippen LogP contribution in [0.4, 0.5) is 0 Å². The summed E-state index contributed by atoms with van der Waals surface area (Å²) in [5, 5.41) is 2.89. The second-order valence-electron chi connectivity index (χ2n) is 5.98. The van der Waals surface area contributed by atoms with Gasteiger partial charge in [-0.25, -0.2) is 0 Å². The van der Waals surface area contributed by atoms with E-state index >= 15 is 0 Å². The van der Waals surface area contributed by atoms with E-state index in [-0.39, 0.29) is 5.91 Å². The minimum absolute atomic E-state index is 0.224. The van der Waals surface area contributed by atoms with Gasteiger partial charge in [-0.3, -0.25) is 9.59 Å². The summed E-state index contributed by atoms with van der Waals surface area (Å²) in [7, 11) is 0. The first-order chi connectivity index (χ1) is 8.77. The van der Waals surface area contributed by atoms with E-state index in [1.54, 1.807) is 6.92 Å². The molecule has 0 rings (SSSR count). The molecule has 0 aromatic rings. The van der Waals surface area contributed by atoms with Gasteiger partial charge in [0.1, 0.15) is 5.92 Å². The van der Waals surface area contributed by atoms with Gasteiger partial charge in [-0.05, 0) is 18.3 Å². The third kappa shape index (κ3) is 6.08. The Morgan fingerprint density at radius 2 is 1.63 bits per heavy atom. The molecule has 19 heavy (non-hydrogen) atoms. The lowest BCUT2D eigenvalue weighted by molar-refractivity contribution is -0.156. The van der Waals surface area contributed by atoms with E-state index in [4.69, 9.17) is 4.74 Å². The van der Waals surface area contributed by atoms with Crippen molar-refractivity contribution in [1.29, 1.82) is 0 Å². The Labute approximate surface area is 117 Å². The molecule has 0 spiro atoms. The van der Waals surface area contributed by atoms with Gasteiger partial charge in [0.2, 0.25) is 5.91 Å². The van der Waals surface area contributed by atoms with Crippen LogP contribution < -0.4 is 5.32 Å². The molecule has 0 heterocycles. The molecule has 0 aromatic carbocycles. The fourth-order valence-electron chi connectivity index (χ4n) is 2.00. The zero-order chi connectivity index (χ0) is 15.1. The number of ether oxygens (including phenoxy) is 1. The van der Waals surface area contributed by atoms with Crippen molar-refractivity contribution in [3.05, 3.63) is 0 Å². The molecule has 1 amide bonds. The smallest absolute Gasteiger partial charge is 0.319 e. The molecular weight excluding hydrogens is 242 g/mol. The summed E-state index contributed by atoms with van der Waals surface area (Å²) in [6, 6.07) is 0. The van der Waals surface area contributed by atoms with E-state index in [1.165, 1.54) is 0 Å². The normalized spacial score (nSPS) is 13.2. The van der Waals surface area contributed by atoms with Crippen LogP contribution in [0, 0.1) is 17.3 Å². The van der Waals surface area contributed by atoms with Gasteiger partial charge in [0, 0.05) is 6.54 Å².